The monoisotopic (exact) mass is 317 g/mol. The van der Waals surface area contributed by atoms with E-state index in [1.807, 2.05) is 24.3 Å². The number of halogens is 1. The number of para-hydroxylation sites is 1. The van der Waals surface area contributed by atoms with Gasteiger partial charge in [0.2, 0.25) is 0 Å². The summed E-state index contributed by atoms with van der Waals surface area (Å²) in [6, 6.07) is 11.7. The number of rotatable bonds is 6. The third-order valence-corrected chi connectivity index (χ3v) is 3.63. The maximum absolute atomic E-state index is 13.7. The molecule has 0 saturated heterocycles. The molecule has 0 aliphatic carbocycles. The van der Waals surface area contributed by atoms with Gasteiger partial charge in [0, 0.05) is 24.2 Å². The second-order valence-electron chi connectivity index (χ2n) is 5.23. The van der Waals surface area contributed by atoms with Crippen LogP contribution in [0.5, 0.6) is 5.75 Å². The summed E-state index contributed by atoms with van der Waals surface area (Å²) < 4.78 is 19.0. The number of aliphatic hydroxyl groups is 1. The van der Waals surface area contributed by atoms with Gasteiger partial charge in [-0.2, -0.15) is 0 Å². The zero-order valence-corrected chi connectivity index (χ0v) is 13.3. The van der Waals surface area contributed by atoms with Crippen LogP contribution in [0.25, 0.3) is 0 Å². The van der Waals surface area contributed by atoms with Crippen LogP contribution in [0.2, 0.25) is 0 Å². The number of aliphatic hydroxyl groups excluding tert-OH is 1. The molecule has 2 aromatic carbocycles. The van der Waals surface area contributed by atoms with E-state index in [1.54, 1.807) is 26.2 Å². The molecule has 23 heavy (non-hydrogen) atoms. The molecule has 1 amide bonds. The number of carbonyl (C=O) groups is 1. The SMILES string of the molecule is COc1ccccc1CN(CCO)C(=O)c1ccc(C)c(F)c1. The van der Waals surface area contributed by atoms with Gasteiger partial charge < -0.3 is 14.7 Å². The van der Waals surface area contributed by atoms with Crippen LogP contribution in [0.3, 0.4) is 0 Å². The molecule has 0 radical (unpaired) electrons. The van der Waals surface area contributed by atoms with Gasteiger partial charge in [-0.3, -0.25) is 4.79 Å². The normalized spacial score (nSPS) is 10.4. The molecule has 1 N–H and O–H groups in total. The van der Waals surface area contributed by atoms with Crippen molar-refractivity contribution in [3.8, 4) is 5.75 Å². The van der Waals surface area contributed by atoms with E-state index < -0.39 is 5.82 Å². The van der Waals surface area contributed by atoms with E-state index in [4.69, 9.17) is 4.74 Å². The summed E-state index contributed by atoms with van der Waals surface area (Å²) >= 11 is 0. The minimum absolute atomic E-state index is 0.159. The Morgan fingerprint density at radius 2 is 2.00 bits per heavy atom. The first-order valence-corrected chi connectivity index (χ1v) is 7.35. The molecule has 122 valence electrons. The summed E-state index contributed by atoms with van der Waals surface area (Å²) in [4.78, 5) is 14.1. The number of benzene rings is 2. The molecule has 2 rings (SSSR count). The van der Waals surface area contributed by atoms with Gasteiger partial charge in [-0.25, -0.2) is 4.39 Å². The maximum Gasteiger partial charge on any atom is 0.254 e. The number of amides is 1. The standard InChI is InChI=1S/C18H20FNO3/c1-13-7-8-14(11-16(13)19)18(22)20(9-10-21)12-15-5-3-4-6-17(15)23-2/h3-8,11,21H,9-10,12H2,1-2H3. The highest BCUT2D eigenvalue weighted by Crippen LogP contribution is 2.20. The largest absolute Gasteiger partial charge is 0.496 e. The van der Waals surface area contributed by atoms with E-state index in [0.29, 0.717) is 11.3 Å². The molecule has 0 heterocycles. The highest BCUT2D eigenvalue weighted by atomic mass is 19.1. The molecule has 0 aliphatic rings. The van der Waals surface area contributed by atoms with Crippen LogP contribution in [0.15, 0.2) is 42.5 Å². The summed E-state index contributed by atoms with van der Waals surface area (Å²) in [6.07, 6.45) is 0. The maximum atomic E-state index is 13.7. The van der Waals surface area contributed by atoms with Crippen molar-refractivity contribution in [2.24, 2.45) is 0 Å². The molecule has 2 aromatic rings. The summed E-state index contributed by atoms with van der Waals surface area (Å²) in [5, 5.41) is 9.24. The Labute approximate surface area is 135 Å². The first-order chi connectivity index (χ1) is 11.1. The number of methoxy groups -OCH3 is 1. The van der Waals surface area contributed by atoms with Crippen molar-refractivity contribution in [3.05, 3.63) is 65.0 Å². The molecule has 0 aliphatic heterocycles. The van der Waals surface area contributed by atoms with Gasteiger partial charge in [0.1, 0.15) is 11.6 Å². The van der Waals surface area contributed by atoms with E-state index in [1.165, 1.54) is 11.0 Å². The Balaban J connectivity index is 2.26. The topological polar surface area (TPSA) is 49.8 Å². The van der Waals surface area contributed by atoms with Crippen LogP contribution in [-0.4, -0.2) is 36.2 Å². The molecule has 0 aromatic heterocycles. The van der Waals surface area contributed by atoms with E-state index in [9.17, 15) is 14.3 Å². The van der Waals surface area contributed by atoms with Crippen molar-refractivity contribution in [1.82, 2.24) is 4.90 Å². The Bertz CT molecular complexity index is 688. The van der Waals surface area contributed by atoms with Crippen molar-refractivity contribution in [1.29, 1.82) is 0 Å². The van der Waals surface area contributed by atoms with Crippen LogP contribution in [0.1, 0.15) is 21.5 Å². The van der Waals surface area contributed by atoms with Crippen LogP contribution >= 0.6 is 0 Å². The third-order valence-electron chi connectivity index (χ3n) is 3.63. The fourth-order valence-electron chi connectivity index (χ4n) is 2.32. The van der Waals surface area contributed by atoms with Gasteiger partial charge in [0.15, 0.2) is 0 Å². The Hall–Kier alpha value is -2.40. The lowest BCUT2D eigenvalue weighted by molar-refractivity contribution is 0.0706. The molecule has 0 spiro atoms. The van der Waals surface area contributed by atoms with E-state index in [0.717, 1.165) is 5.56 Å². The lowest BCUT2D eigenvalue weighted by atomic mass is 10.1. The summed E-state index contributed by atoms with van der Waals surface area (Å²) in [6.45, 7) is 1.91. The predicted molar refractivity (Wildman–Crippen MR) is 86.0 cm³/mol. The summed E-state index contributed by atoms with van der Waals surface area (Å²) in [5.74, 6) is -0.0840. The lowest BCUT2D eigenvalue weighted by Gasteiger charge is -2.23. The second kappa shape index (κ2) is 7.74. The number of hydrogen-bond acceptors (Lipinski definition) is 3. The highest BCUT2D eigenvalue weighted by molar-refractivity contribution is 5.94. The van der Waals surface area contributed by atoms with Gasteiger partial charge in [0.25, 0.3) is 5.91 Å². The van der Waals surface area contributed by atoms with Gasteiger partial charge in [-0.15, -0.1) is 0 Å². The summed E-state index contributed by atoms with van der Waals surface area (Å²) in [7, 11) is 1.56. The molecule has 0 bridgehead atoms. The van der Waals surface area contributed by atoms with Crippen LogP contribution in [0, 0.1) is 12.7 Å². The lowest BCUT2D eigenvalue weighted by Crippen LogP contribution is -2.33. The molecule has 0 fully saturated rings. The van der Waals surface area contributed by atoms with Gasteiger partial charge in [-0.05, 0) is 30.7 Å². The minimum atomic E-state index is -0.419. The number of ether oxygens (including phenoxy) is 1. The van der Waals surface area contributed by atoms with Crippen molar-refractivity contribution in [2.45, 2.75) is 13.5 Å². The van der Waals surface area contributed by atoms with Crippen molar-refractivity contribution < 1.29 is 19.0 Å². The smallest absolute Gasteiger partial charge is 0.254 e. The van der Waals surface area contributed by atoms with Gasteiger partial charge in [0.05, 0.1) is 13.7 Å². The fourth-order valence-corrected chi connectivity index (χ4v) is 2.32. The number of hydrogen-bond donors (Lipinski definition) is 1. The fraction of sp³-hybridized carbons (Fsp3) is 0.278. The van der Waals surface area contributed by atoms with Crippen molar-refractivity contribution in [2.75, 3.05) is 20.3 Å². The van der Waals surface area contributed by atoms with E-state index in [-0.39, 0.29) is 31.2 Å². The zero-order chi connectivity index (χ0) is 16.8. The average molecular weight is 317 g/mol. The van der Waals surface area contributed by atoms with Crippen LogP contribution in [0.4, 0.5) is 4.39 Å². The molecule has 4 nitrogen and oxygen atoms in total. The van der Waals surface area contributed by atoms with Crippen molar-refractivity contribution in [3.63, 3.8) is 0 Å². The van der Waals surface area contributed by atoms with Gasteiger partial charge in [-0.1, -0.05) is 24.3 Å². The Morgan fingerprint density at radius 3 is 2.65 bits per heavy atom. The minimum Gasteiger partial charge on any atom is -0.496 e. The summed E-state index contributed by atoms with van der Waals surface area (Å²) in [5.41, 5.74) is 1.57. The Kier molecular flexibility index (Phi) is 5.71. The second-order valence-corrected chi connectivity index (χ2v) is 5.23. The molecule has 0 unspecified atom stereocenters. The van der Waals surface area contributed by atoms with Crippen LogP contribution in [-0.2, 0) is 6.54 Å². The number of carbonyl (C=O) groups excluding carboxylic acids is 1. The third kappa shape index (κ3) is 4.07. The quantitative estimate of drug-likeness (QED) is 0.891. The van der Waals surface area contributed by atoms with E-state index in [2.05, 4.69) is 0 Å². The number of nitrogens with zero attached hydrogens (tertiary/aromatic N) is 1. The molecule has 5 heteroatoms. The molecular weight excluding hydrogens is 297 g/mol. The molecule has 0 atom stereocenters. The average Bonchev–Trinajstić information content (AvgIpc) is 2.56. The first-order valence-electron chi connectivity index (χ1n) is 7.35. The van der Waals surface area contributed by atoms with Gasteiger partial charge >= 0.3 is 0 Å². The molecule has 0 saturated carbocycles. The predicted octanol–water partition coefficient (Wildman–Crippen LogP) is 2.78. The number of aryl methyl sites for hydroxylation is 1. The van der Waals surface area contributed by atoms with E-state index >= 15 is 0 Å². The Morgan fingerprint density at radius 1 is 1.26 bits per heavy atom. The highest BCUT2D eigenvalue weighted by Gasteiger charge is 2.18. The van der Waals surface area contributed by atoms with Crippen LogP contribution < -0.4 is 4.74 Å². The zero-order valence-electron chi connectivity index (χ0n) is 13.3. The van der Waals surface area contributed by atoms with Crippen molar-refractivity contribution >= 4 is 5.91 Å². The first kappa shape index (κ1) is 17.0. The molecular formula is C18H20FNO3.